The molecule has 0 spiro atoms. The maximum Gasteiger partial charge on any atom is 0.306 e. The first kappa shape index (κ1) is 60.7. The van der Waals surface area contributed by atoms with Crippen LogP contribution in [0.1, 0.15) is 194 Å². The van der Waals surface area contributed by atoms with Crippen LogP contribution in [0.3, 0.4) is 0 Å². The van der Waals surface area contributed by atoms with E-state index in [1.807, 2.05) is 21.1 Å². The number of esters is 1. The van der Waals surface area contributed by atoms with Crippen molar-refractivity contribution in [1.82, 2.24) is 0 Å². The molecule has 0 N–H and O–H groups in total. The third-order valence-corrected chi connectivity index (χ3v) is 11.4. The maximum atomic E-state index is 12.7. The first-order chi connectivity index (χ1) is 30.6. The van der Waals surface area contributed by atoms with Gasteiger partial charge in [0.2, 0.25) is 0 Å². The summed E-state index contributed by atoms with van der Waals surface area (Å²) in [6.45, 7) is 5.24. The molecule has 364 valence electrons. The Morgan fingerprint density at radius 1 is 0.508 bits per heavy atom. The lowest BCUT2D eigenvalue weighted by Gasteiger charge is -2.28. The van der Waals surface area contributed by atoms with Crippen molar-refractivity contribution in [3.8, 4) is 0 Å². The van der Waals surface area contributed by atoms with Crippen LogP contribution in [0, 0.1) is 0 Å². The molecule has 0 saturated heterocycles. The van der Waals surface area contributed by atoms with Gasteiger partial charge in [-0.15, -0.1) is 0 Å². The number of phosphoric acid groups is 1. The molecule has 8 nitrogen and oxygen atoms in total. The van der Waals surface area contributed by atoms with E-state index in [0.29, 0.717) is 24.1 Å². The standard InChI is InChI=1S/C54H96NO7P/c1-6-8-10-12-14-16-18-20-22-24-26-27-28-29-30-31-33-35-37-39-41-43-45-47-54(56)62-53(52-61-63(57,58)60-50-48-55(3,4)5)51-59-49-46-44-42-40-38-36-34-32-25-23-21-19-17-15-13-11-9-7-2/h8,10,14-17,20-23,26-27,29-30,53H,6-7,9,11-13,18-19,24-25,28,31-52H2,1-5H3/b10-8-,16-14-,17-15-,22-20-,23-21-,27-26-,30-29-. The van der Waals surface area contributed by atoms with Crippen molar-refractivity contribution in [2.24, 2.45) is 0 Å². The van der Waals surface area contributed by atoms with E-state index in [9.17, 15) is 14.3 Å². The molecule has 0 aliphatic heterocycles. The highest BCUT2D eigenvalue weighted by Gasteiger charge is 2.20. The van der Waals surface area contributed by atoms with Gasteiger partial charge in [0.1, 0.15) is 19.3 Å². The van der Waals surface area contributed by atoms with Gasteiger partial charge in [0.25, 0.3) is 7.82 Å². The second kappa shape index (κ2) is 46.2. The number of ether oxygens (including phenoxy) is 2. The maximum absolute atomic E-state index is 12.7. The van der Waals surface area contributed by atoms with E-state index in [0.717, 1.165) is 83.5 Å². The van der Waals surface area contributed by atoms with Crippen LogP contribution in [0.15, 0.2) is 85.1 Å². The predicted molar refractivity (Wildman–Crippen MR) is 268 cm³/mol. The molecule has 0 saturated carbocycles. The van der Waals surface area contributed by atoms with Crippen molar-refractivity contribution in [2.45, 2.75) is 200 Å². The zero-order chi connectivity index (χ0) is 46.2. The number of allylic oxidation sites excluding steroid dienone is 14. The molecule has 0 aromatic rings. The van der Waals surface area contributed by atoms with E-state index in [2.05, 4.69) is 98.9 Å². The number of quaternary nitrogens is 1. The summed E-state index contributed by atoms with van der Waals surface area (Å²) in [7, 11) is 1.33. The lowest BCUT2D eigenvalue weighted by atomic mass is 10.1. The molecule has 0 rings (SSSR count). The highest BCUT2D eigenvalue weighted by molar-refractivity contribution is 7.45. The summed E-state index contributed by atoms with van der Waals surface area (Å²) in [5.74, 6) is -0.350. The Balaban J connectivity index is 4.21. The van der Waals surface area contributed by atoms with Crippen LogP contribution in [0.2, 0.25) is 0 Å². The number of hydrogen-bond acceptors (Lipinski definition) is 7. The molecular formula is C54H96NO7P. The smallest absolute Gasteiger partial charge is 0.306 e. The van der Waals surface area contributed by atoms with Gasteiger partial charge in [-0.2, -0.15) is 0 Å². The quantitative estimate of drug-likeness (QED) is 0.0197. The van der Waals surface area contributed by atoms with Gasteiger partial charge in [0, 0.05) is 13.0 Å². The van der Waals surface area contributed by atoms with Gasteiger partial charge in [-0.3, -0.25) is 9.36 Å². The van der Waals surface area contributed by atoms with Crippen LogP contribution >= 0.6 is 7.82 Å². The second-order valence-electron chi connectivity index (χ2n) is 17.8. The molecule has 2 atom stereocenters. The Labute approximate surface area is 388 Å². The molecule has 0 aliphatic carbocycles. The molecule has 2 unspecified atom stereocenters. The second-order valence-corrected chi connectivity index (χ2v) is 19.2. The lowest BCUT2D eigenvalue weighted by Crippen LogP contribution is -2.37. The third-order valence-electron chi connectivity index (χ3n) is 10.4. The number of unbranched alkanes of at least 4 members (excludes halogenated alkanes) is 18. The van der Waals surface area contributed by atoms with E-state index < -0.39 is 13.9 Å². The van der Waals surface area contributed by atoms with Gasteiger partial charge in [0.05, 0.1) is 34.4 Å². The van der Waals surface area contributed by atoms with Gasteiger partial charge in [0.15, 0.2) is 0 Å². The van der Waals surface area contributed by atoms with Crippen LogP contribution in [-0.4, -0.2) is 70.7 Å². The number of nitrogens with zero attached hydrogens (tertiary/aromatic N) is 1. The van der Waals surface area contributed by atoms with Gasteiger partial charge < -0.3 is 27.9 Å². The van der Waals surface area contributed by atoms with Crippen LogP contribution in [0.4, 0.5) is 0 Å². The van der Waals surface area contributed by atoms with Gasteiger partial charge in [-0.25, -0.2) is 0 Å². The van der Waals surface area contributed by atoms with Crippen LogP contribution in [0.25, 0.3) is 0 Å². The van der Waals surface area contributed by atoms with Crippen molar-refractivity contribution >= 4 is 13.8 Å². The van der Waals surface area contributed by atoms with Gasteiger partial charge in [-0.05, 0) is 89.9 Å². The zero-order valence-corrected chi connectivity index (χ0v) is 42.1. The number of carbonyl (C=O) groups excluding carboxylic acids is 1. The van der Waals surface area contributed by atoms with Crippen molar-refractivity contribution in [3.63, 3.8) is 0 Å². The number of hydrogen-bond donors (Lipinski definition) is 0. The van der Waals surface area contributed by atoms with Gasteiger partial charge >= 0.3 is 5.97 Å². The van der Waals surface area contributed by atoms with Crippen molar-refractivity contribution in [2.75, 3.05) is 54.1 Å². The van der Waals surface area contributed by atoms with Gasteiger partial charge in [-0.1, -0.05) is 182 Å². The average Bonchev–Trinajstić information content (AvgIpc) is 3.24. The summed E-state index contributed by atoms with van der Waals surface area (Å²) >= 11 is 0. The summed E-state index contributed by atoms with van der Waals surface area (Å²) < 4.78 is 34.7. The summed E-state index contributed by atoms with van der Waals surface area (Å²) in [4.78, 5) is 25.2. The first-order valence-corrected chi connectivity index (χ1v) is 26.8. The summed E-state index contributed by atoms with van der Waals surface area (Å²) in [5.41, 5.74) is 0. The lowest BCUT2D eigenvalue weighted by molar-refractivity contribution is -0.870. The topological polar surface area (TPSA) is 94.1 Å². The van der Waals surface area contributed by atoms with E-state index in [1.165, 1.54) is 89.9 Å². The number of rotatable bonds is 46. The molecule has 0 aromatic heterocycles. The molecular weight excluding hydrogens is 806 g/mol. The summed E-state index contributed by atoms with van der Waals surface area (Å²) in [5, 5.41) is 0. The summed E-state index contributed by atoms with van der Waals surface area (Å²) in [6, 6.07) is 0. The SMILES string of the molecule is CC/C=C\C/C=C\C/C=C\C/C=C\C/C=C\CCCCCCCCCC(=O)OC(COCCCCCCCCCC/C=C\C/C=C\CCCCC)COP(=O)([O-])OCC[N+](C)(C)C. The summed E-state index contributed by atoms with van der Waals surface area (Å²) in [6.07, 6.45) is 61.7. The van der Waals surface area contributed by atoms with E-state index in [4.69, 9.17) is 18.5 Å². The molecule has 0 fully saturated rings. The van der Waals surface area contributed by atoms with Crippen LogP contribution < -0.4 is 4.89 Å². The minimum Gasteiger partial charge on any atom is -0.756 e. The molecule has 63 heavy (non-hydrogen) atoms. The van der Waals surface area contributed by atoms with Crippen LogP contribution in [-0.2, 0) is 27.9 Å². The fourth-order valence-corrected chi connectivity index (χ4v) is 7.27. The number of likely N-dealkylation sites (N-methyl/N-ethyl adjacent to an activating group) is 1. The fourth-order valence-electron chi connectivity index (χ4n) is 6.54. The minimum absolute atomic E-state index is 0.0181. The van der Waals surface area contributed by atoms with Crippen LogP contribution in [0.5, 0.6) is 0 Å². The highest BCUT2D eigenvalue weighted by Crippen LogP contribution is 2.38. The van der Waals surface area contributed by atoms with E-state index in [1.54, 1.807) is 0 Å². The van der Waals surface area contributed by atoms with Crippen molar-refractivity contribution < 1.29 is 37.3 Å². The normalized spacial score (nSPS) is 14.3. The minimum atomic E-state index is -4.54. The van der Waals surface area contributed by atoms with Crippen molar-refractivity contribution in [3.05, 3.63) is 85.1 Å². The molecule has 0 aromatic carbocycles. The molecule has 0 heterocycles. The Hall–Kier alpha value is -2.32. The molecule has 0 radical (unpaired) electrons. The molecule has 0 aliphatic rings. The first-order valence-electron chi connectivity index (χ1n) is 25.3. The Bertz CT molecular complexity index is 1280. The number of carbonyl (C=O) groups is 1. The number of phosphoric ester groups is 1. The highest BCUT2D eigenvalue weighted by atomic mass is 31.2. The molecule has 0 amide bonds. The Morgan fingerprint density at radius 2 is 0.921 bits per heavy atom. The average molecular weight is 902 g/mol. The molecule has 0 bridgehead atoms. The fraction of sp³-hybridized carbons (Fsp3) is 0.722. The third kappa shape index (κ3) is 50.5. The largest absolute Gasteiger partial charge is 0.756 e. The van der Waals surface area contributed by atoms with E-state index in [-0.39, 0.29) is 25.8 Å². The Morgan fingerprint density at radius 3 is 1.38 bits per heavy atom. The Kier molecular flexibility index (Phi) is 44.5. The monoisotopic (exact) mass is 902 g/mol. The zero-order valence-electron chi connectivity index (χ0n) is 41.2. The van der Waals surface area contributed by atoms with E-state index >= 15 is 0 Å². The molecule has 9 heteroatoms. The van der Waals surface area contributed by atoms with Crippen molar-refractivity contribution in [1.29, 1.82) is 0 Å². The predicted octanol–water partition coefficient (Wildman–Crippen LogP) is 15.0.